The fourth-order valence-electron chi connectivity index (χ4n) is 7.61. The SMILES string of the molecule is CCCCCCCCC(CCCCCC)C(=O)OCCCCC(=O)OCC(COP(=O)(O)OC(C)(C)C(C)NC)OC(=O)CCCCOC(=O)C(CCCCCC)CCCCCCCC. The van der Waals surface area contributed by atoms with Gasteiger partial charge in [0.1, 0.15) is 6.61 Å². The zero-order chi connectivity index (χ0) is 48.6. The van der Waals surface area contributed by atoms with Gasteiger partial charge >= 0.3 is 31.7 Å². The Kier molecular flexibility index (Phi) is 39.7. The number of carbonyl (C=O) groups is 4. The number of phosphoric acid groups is 1. The maximum atomic E-state index is 13.1. The third kappa shape index (κ3) is 35.7. The highest BCUT2D eigenvalue weighted by Gasteiger charge is 2.37. The lowest BCUT2D eigenvalue weighted by Gasteiger charge is -2.32. The van der Waals surface area contributed by atoms with Gasteiger partial charge in [-0.25, -0.2) is 4.57 Å². The Bertz CT molecular complexity index is 1250. The maximum absolute atomic E-state index is 13.1. The number of phosphoric ester groups is 1. The van der Waals surface area contributed by atoms with Crippen LogP contribution >= 0.6 is 7.82 Å². The van der Waals surface area contributed by atoms with Crippen molar-refractivity contribution in [1.82, 2.24) is 5.32 Å². The number of hydrogen-bond acceptors (Lipinski definition) is 12. The van der Waals surface area contributed by atoms with Gasteiger partial charge in [0.05, 0.1) is 37.3 Å². The molecule has 0 aliphatic heterocycles. The first-order chi connectivity index (χ1) is 31.2. The zero-order valence-corrected chi connectivity index (χ0v) is 43.6. The number of esters is 4. The highest BCUT2D eigenvalue weighted by atomic mass is 31.2. The summed E-state index contributed by atoms with van der Waals surface area (Å²) in [5.41, 5.74) is -1.08. The van der Waals surface area contributed by atoms with Crippen molar-refractivity contribution in [1.29, 1.82) is 0 Å². The van der Waals surface area contributed by atoms with Gasteiger partial charge < -0.3 is 29.2 Å². The summed E-state index contributed by atoms with van der Waals surface area (Å²) >= 11 is 0. The molecule has 0 rings (SSSR count). The minimum Gasteiger partial charge on any atom is -0.465 e. The summed E-state index contributed by atoms with van der Waals surface area (Å²) in [7, 11) is -2.92. The largest absolute Gasteiger partial charge is 0.472 e. The van der Waals surface area contributed by atoms with Gasteiger partial charge in [0.15, 0.2) is 6.10 Å². The van der Waals surface area contributed by atoms with Crippen LogP contribution in [0.5, 0.6) is 0 Å². The van der Waals surface area contributed by atoms with E-state index in [4.69, 9.17) is 28.0 Å². The van der Waals surface area contributed by atoms with Crippen LogP contribution in [-0.2, 0) is 51.7 Å². The van der Waals surface area contributed by atoms with E-state index in [9.17, 15) is 28.6 Å². The van der Waals surface area contributed by atoms with Crippen molar-refractivity contribution in [3.05, 3.63) is 0 Å². The van der Waals surface area contributed by atoms with E-state index in [0.717, 1.165) is 103 Å². The van der Waals surface area contributed by atoms with Crippen LogP contribution in [0.4, 0.5) is 0 Å². The number of likely N-dealkylation sites (N-methyl/N-ethyl adjacent to an activating group) is 1. The minimum absolute atomic E-state index is 0.00250. The van der Waals surface area contributed by atoms with Gasteiger partial charge in [0.25, 0.3) is 0 Å². The molecule has 2 N–H and O–H groups in total. The second-order valence-corrected chi connectivity index (χ2v) is 20.1. The smallest absolute Gasteiger partial charge is 0.465 e. The molecule has 0 bridgehead atoms. The Labute approximate surface area is 396 Å². The van der Waals surface area contributed by atoms with E-state index in [0.29, 0.717) is 25.7 Å². The summed E-state index contributed by atoms with van der Waals surface area (Å²) in [4.78, 5) is 62.4. The molecule has 0 aliphatic rings. The molecule has 0 amide bonds. The summed E-state index contributed by atoms with van der Waals surface area (Å²) in [5.74, 6) is -1.69. The third-order valence-corrected chi connectivity index (χ3v) is 13.5. The van der Waals surface area contributed by atoms with Crippen LogP contribution in [0.2, 0.25) is 0 Å². The van der Waals surface area contributed by atoms with Crippen molar-refractivity contribution < 1.29 is 56.6 Å². The van der Waals surface area contributed by atoms with E-state index in [1.54, 1.807) is 27.8 Å². The molecule has 0 aliphatic carbocycles. The van der Waals surface area contributed by atoms with E-state index in [1.807, 2.05) is 0 Å². The van der Waals surface area contributed by atoms with Crippen molar-refractivity contribution >= 4 is 31.7 Å². The molecule has 384 valence electrons. The molecule has 0 saturated carbocycles. The lowest BCUT2D eigenvalue weighted by Crippen LogP contribution is -2.44. The molecule has 5 unspecified atom stereocenters. The quantitative estimate of drug-likeness (QED) is 0.0256. The lowest BCUT2D eigenvalue weighted by atomic mass is 9.94. The molecule has 0 spiro atoms. The van der Waals surface area contributed by atoms with Gasteiger partial charge in [-0.3, -0.25) is 28.2 Å². The number of carbonyl (C=O) groups excluding carboxylic acids is 4. The average Bonchev–Trinajstić information content (AvgIpc) is 3.27. The van der Waals surface area contributed by atoms with Crippen molar-refractivity contribution in [2.45, 2.75) is 259 Å². The summed E-state index contributed by atoms with van der Waals surface area (Å²) in [6.45, 7) is 13.3. The Hall–Kier alpha value is -2.05. The Balaban J connectivity index is 5.17. The summed E-state index contributed by atoms with van der Waals surface area (Å²) in [5, 5.41) is 2.99. The minimum atomic E-state index is -4.62. The number of ether oxygens (including phenoxy) is 4. The van der Waals surface area contributed by atoms with Crippen LogP contribution in [0.3, 0.4) is 0 Å². The van der Waals surface area contributed by atoms with Crippen LogP contribution in [0.15, 0.2) is 0 Å². The van der Waals surface area contributed by atoms with E-state index in [-0.39, 0.29) is 55.9 Å². The fraction of sp³-hybridized carbons (Fsp3) is 0.922. The van der Waals surface area contributed by atoms with E-state index in [2.05, 4.69) is 33.0 Å². The summed E-state index contributed by atoms with van der Waals surface area (Å²) < 4.78 is 46.0. The predicted molar refractivity (Wildman–Crippen MR) is 260 cm³/mol. The van der Waals surface area contributed by atoms with Gasteiger partial charge in [0.2, 0.25) is 0 Å². The lowest BCUT2D eigenvalue weighted by molar-refractivity contribution is -0.161. The van der Waals surface area contributed by atoms with Crippen LogP contribution in [-0.4, -0.2) is 80.0 Å². The molecular formula is C51H98NO12P. The highest BCUT2D eigenvalue weighted by molar-refractivity contribution is 7.47. The Morgan fingerprint density at radius 2 is 0.923 bits per heavy atom. The van der Waals surface area contributed by atoms with Crippen molar-refractivity contribution in [2.24, 2.45) is 11.8 Å². The fourth-order valence-corrected chi connectivity index (χ4v) is 8.77. The Morgan fingerprint density at radius 3 is 1.34 bits per heavy atom. The molecule has 0 aromatic heterocycles. The summed E-state index contributed by atoms with van der Waals surface area (Å²) in [6.07, 6.45) is 26.9. The maximum Gasteiger partial charge on any atom is 0.472 e. The van der Waals surface area contributed by atoms with Gasteiger partial charge in [-0.05, 0) is 79.2 Å². The molecule has 5 atom stereocenters. The number of nitrogens with one attached hydrogen (secondary N) is 1. The van der Waals surface area contributed by atoms with Gasteiger partial charge in [-0.2, -0.15) is 0 Å². The van der Waals surface area contributed by atoms with Crippen LogP contribution in [0.25, 0.3) is 0 Å². The normalized spacial score (nSPS) is 14.5. The Morgan fingerprint density at radius 1 is 0.538 bits per heavy atom. The van der Waals surface area contributed by atoms with E-state index in [1.165, 1.54) is 51.4 Å². The standard InChI is InChI=1S/C51H98NO12P/c1-9-13-17-21-23-27-35-44(33-25-19-15-11-3)49(55)59-39-31-29-37-47(53)61-41-46(42-62-65(57,58)64-51(6,7)43(5)52-8)63-48(54)38-30-32-40-60-50(56)45(34-26-20-16-12-4)36-28-24-22-18-14-10-2/h43-46,52H,9-42H2,1-8H3,(H,57,58). The number of rotatable bonds is 46. The topological polar surface area (TPSA) is 173 Å². The molecule has 65 heavy (non-hydrogen) atoms. The van der Waals surface area contributed by atoms with E-state index >= 15 is 0 Å². The second kappa shape index (κ2) is 41.0. The molecular weight excluding hydrogens is 850 g/mol. The van der Waals surface area contributed by atoms with Gasteiger partial charge in [0, 0.05) is 18.9 Å². The monoisotopic (exact) mass is 948 g/mol. The predicted octanol–water partition coefficient (Wildman–Crippen LogP) is 13.1. The van der Waals surface area contributed by atoms with Crippen LogP contribution < -0.4 is 5.32 Å². The summed E-state index contributed by atoms with van der Waals surface area (Å²) in [6, 6.07) is -0.303. The van der Waals surface area contributed by atoms with E-state index < -0.39 is 44.7 Å². The molecule has 0 heterocycles. The molecule has 13 nitrogen and oxygen atoms in total. The first-order valence-electron chi connectivity index (χ1n) is 26.2. The highest BCUT2D eigenvalue weighted by Crippen LogP contribution is 2.48. The first kappa shape index (κ1) is 63.0. The number of unbranched alkanes of at least 4 members (excludes halogenated alkanes) is 18. The molecule has 0 saturated heterocycles. The van der Waals surface area contributed by atoms with Gasteiger partial charge in [-0.1, -0.05) is 156 Å². The zero-order valence-electron chi connectivity index (χ0n) is 42.7. The average molecular weight is 948 g/mol. The molecule has 0 aromatic rings. The van der Waals surface area contributed by atoms with Gasteiger partial charge in [-0.15, -0.1) is 0 Å². The first-order valence-corrected chi connectivity index (χ1v) is 27.7. The van der Waals surface area contributed by atoms with Crippen molar-refractivity contribution in [3.8, 4) is 0 Å². The van der Waals surface area contributed by atoms with Crippen molar-refractivity contribution in [3.63, 3.8) is 0 Å². The molecule has 0 radical (unpaired) electrons. The van der Waals surface area contributed by atoms with Crippen molar-refractivity contribution in [2.75, 3.05) is 33.5 Å². The molecule has 0 aromatic carbocycles. The van der Waals surface area contributed by atoms with Crippen LogP contribution in [0.1, 0.15) is 241 Å². The third-order valence-electron chi connectivity index (χ3n) is 12.3. The number of hydrogen-bond donors (Lipinski definition) is 2. The van der Waals surface area contributed by atoms with Crippen LogP contribution in [0, 0.1) is 11.8 Å². The molecule has 0 fully saturated rings. The second-order valence-electron chi connectivity index (χ2n) is 18.7. The molecule has 14 heteroatoms.